The number of aryl methyl sites for hydroxylation is 2. The molecular weight excluding hydrogens is 473 g/mol. The van der Waals surface area contributed by atoms with Crippen LogP contribution in [0.3, 0.4) is 0 Å². The molecule has 2 aromatic heterocycles. The number of nitrogens with two attached hydrogens (primary N) is 1. The highest BCUT2D eigenvalue weighted by Crippen LogP contribution is 2.23. The van der Waals surface area contributed by atoms with Crippen LogP contribution in [-0.4, -0.2) is 25.6 Å². The maximum Gasteiger partial charge on any atom is 0.319 e. The molecule has 0 radical (unpaired) electrons. The summed E-state index contributed by atoms with van der Waals surface area (Å²) >= 11 is 11.9. The van der Waals surface area contributed by atoms with Crippen LogP contribution < -0.4 is 16.4 Å². The van der Waals surface area contributed by atoms with Crippen molar-refractivity contribution in [2.45, 2.75) is 6.54 Å². The highest BCUT2D eigenvalue weighted by molar-refractivity contribution is 6.35. The highest BCUT2D eigenvalue weighted by atomic mass is 35.5. The zero-order valence-electron chi connectivity index (χ0n) is 18.6. The van der Waals surface area contributed by atoms with Crippen LogP contribution in [0.1, 0.15) is 5.56 Å². The number of carbonyl (C=O) groups excluding carboxylic acids is 1. The van der Waals surface area contributed by atoms with Crippen molar-refractivity contribution in [2.75, 3.05) is 11.1 Å². The van der Waals surface area contributed by atoms with E-state index in [2.05, 4.69) is 20.8 Å². The van der Waals surface area contributed by atoms with E-state index in [4.69, 9.17) is 28.9 Å². The van der Waals surface area contributed by atoms with Gasteiger partial charge in [-0.15, -0.1) is 0 Å². The predicted molar refractivity (Wildman–Crippen MR) is 138 cm³/mol. The molecule has 0 aliphatic rings. The first-order valence-electron chi connectivity index (χ1n) is 10.4. The van der Waals surface area contributed by atoms with Crippen LogP contribution >= 0.6 is 23.2 Å². The van der Waals surface area contributed by atoms with Crippen molar-refractivity contribution in [1.29, 1.82) is 0 Å². The Labute approximate surface area is 206 Å². The minimum Gasteiger partial charge on any atom is -0.398 e. The van der Waals surface area contributed by atoms with Crippen molar-refractivity contribution in [2.24, 2.45) is 14.1 Å². The molecule has 174 valence electrons. The molecule has 0 unspecified atom stereocenters. The van der Waals surface area contributed by atoms with Gasteiger partial charge in [0.25, 0.3) is 0 Å². The molecule has 0 aliphatic heterocycles. The topological polar surface area (TPSA) is 103 Å². The number of rotatable bonds is 3. The zero-order chi connectivity index (χ0) is 24.2. The molecule has 0 fully saturated rings. The summed E-state index contributed by atoms with van der Waals surface area (Å²) in [6, 6.07) is 16.3. The number of anilines is 2. The van der Waals surface area contributed by atoms with Gasteiger partial charge in [-0.25, -0.2) is 4.79 Å². The van der Waals surface area contributed by atoms with Crippen molar-refractivity contribution in [3.05, 3.63) is 82.6 Å². The minimum atomic E-state index is -0.313. The predicted octanol–water partition coefficient (Wildman–Crippen LogP) is 5.36. The molecule has 0 bridgehead atoms. The lowest BCUT2D eigenvalue weighted by Crippen LogP contribution is -2.28. The van der Waals surface area contributed by atoms with Gasteiger partial charge in [0, 0.05) is 47.1 Å². The molecule has 0 saturated carbocycles. The van der Waals surface area contributed by atoms with E-state index < -0.39 is 0 Å². The van der Waals surface area contributed by atoms with Crippen molar-refractivity contribution >= 4 is 62.4 Å². The van der Waals surface area contributed by atoms with Crippen molar-refractivity contribution in [1.82, 2.24) is 24.9 Å². The molecule has 34 heavy (non-hydrogen) atoms. The number of amides is 2. The van der Waals surface area contributed by atoms with Crippen LogP contribution in [0, 0.1) is 0 Å². The average molecular weight is 496 g/mol. The second-order valence-electron chi connectivity index (χ2n) is 7.60. The van der Waals surface area contributed by atoms with Gasteiger partial charge < -0.3 is 16.4 Å². The average Bonchev–Trinajstić information content (AvgIpc) is 3.38. The summed E-state index contributed by atoms with van der Waals surface area (Å²) in [6.45, 7) is 0.310. The van der Waals surface area contributed by atoms with Crippen LogP contribution in [0.4, 0.5) is 16.2 Å². The fraction of sp³-hybridized carbons (Fsp3) is 0.125. The Hall–Kier alpha value is -3.75. The van der Waals surface area contributed by atoms with E-state index in [-0.39, 0.29) is 6.03 Å². The maximum absolute atomic E-state index is 12.1. The van der Waals surface area contributed by atoms with Crippen LogP contribution in [0.15, 0.2) is 67.0 Å². The van der Waals surface area contributed by atoms with Crippen molar-refractivity contribution in [3.8, 4) is 0 Å². The quantitative estimate of drug-likeness (QED) is 0.293. The van der Waals surface area contributed by atoms with Gasteiger partial charge in [-0.2, -0.15) is 10.2 Å². The second-order valence-corrected chi connectivity index (χ2v) is 8.44. The van der Waals surface area contributed by atoms with E-state index in [1.807, 2.05) is 55.2 Å². The third kappa shape index (κ3) is 5.08. The number of urea groups is 1. The number of nitrogens with zero attached hydrogens (tertiary/aromatic N) is 4. The monoisotopic (exact) mass is 495 g/mol. The van der Waals surface area contributed by atoms with Gasteiger partial charge in [-0.3, -0.25) is 9.36 Å². The molecule has 5 aromatic rings. The van der Waals surface area contributed by atoms with Crippen molar-refractivity contribution < 1.29 is 4.79 Å². The first-order chi connectivity index (χ1) is 16.3. The van der Waals surface area contributed by atoms with E-state index in [0.29, 0.717) is 22.3 Å². The molecule has 5 rings (SSSR count). The van der Waals surface area contributed by atoms with E-state index in [9.17, 15) is 4.79 Å². The molecule has 10 heteroatoms. The molecule has 2 amide bonds. The van der Waals surface area contributed by atoms with E-state index >= 15 is 0 Å². The Balaban J connectivity index is 0.000000207. The maximum atomic E-state index is 12.1. The van der Waals surface area contributed by atoms with Gasteiger partial charge in [-0.05, 0) is 42.0 Å². The zero-order valence-corrected chi connectivity index (χ0v) is 20.1. The molecule has 0 atom stereocenters. The van der Waals surface area contributed by atoms with Crippen LogP contribution in [0.2, 0.25) is 10.0 Å². The van der Waals surface area contributed by atoms with Crippen molar-refractivity contribution in [3.63, 3.8) is 0 Å². The summed E-state index contributed by atoms with van der Waals surface area (Å²) in [6.07, 6.45) is 3.51. The van der Waals surface area contributed by atoms with Gasteiger partial charge in [0.15, 0.2) is 0 Å². The van der Waals surface area contributed by atoms with Gasteiger partial charge >= 0.3 is 6.03 Å². The fourth-order valence-corrected chi connectivity index (χ4v) is 3.97. The van der Waals surface area contributed by atoms with Crippen LogP contribution in [0.25, 0.3) is 21.8 Å². The number of fused-ring (bicyclic) bond motifs is 2. The summed E-state index contributed by atoms with van der Waals surface area (Å²) in [5, 5.41) is 16.9. The summed E-state index contributed by atoms with van der Waals surface area (Å²) < 4.78 is 3.57. The van der Waals surface area contributed by atoms with Crippen LogP contribution in [-0.2, 0) is 20.6 Å². The van der Waals surface area contributed by atoms with Gasteiger partial charge in [-0.1, -0.05) is 41.4 Å². The Bertz CT molecular complexity index is 1480. The Morgan fingerprint density at radius 2 is 1.59 bits per heavy atom. The highest BCUT2D eigenvalue weighted by Gasteiger charge is 2.09. The summed E-state index contributed by atoms with van der Waals surface area (Å²) in [5.74, 6) is 0. The molecule has 2 heterocycles. The fourth-order valence-electron chi connectivity index (χ4n) is 3.49. The van der Waals surface area contributed by atoms with Gasteiger partial charge in [0.2, 0.25) is 0 Å². The third-order valence-corrected chi connectivity index (χ3v) is 5.91. The molecule has 4 N–H and O–H groups in total. The first kappa shape index (κ1) is 23.4. The minimum absolute atomic E-state index is 0.310. The molecular formula is C24H23Cl2N7O. The number of hydrogen-bond donors (Lipinski definition) is 3. The summed E-state index contributed by atoms with van der Waals surface area (Å²) in [5.41, 5.74) is 10.0. The lowest BCUT2D eigenvalue weighted by Gasteiger charge is -2.10. The van der Waals surface area contributed by atoms with E-state index in [0.717, 1.165) is 33.1 Å². The SMILES string of the molecule is Cn1ncc2c(N)cccc21.Cn1ncc2c(NC(=O)NCc3ccc(Cl)cc3Cl)cccc21. The molecule has 0 aliphatic carbocycles. The number of benzene rings is 3. The third-order valence-electron chi connectivity index (χ3n) is 5.32. The Morgan fingerprint density at radius 1 is 0.941 bits per heavy atom. The Morgan fingerprint density at radius 3 is 2.26 bits per heavy atom. The van der Waals surface area contributed by atoms with Gasteiger partial charge in [0.05, 0.1) is 29.1 Å². The van der Waals surface area contributed by atoms with Gasteiger partial charge in [0.1, 0.15) is 0 Å². The summed E-state index contributed by atoms with van der Waals surface area (Å²) in [4.78, 5) is 12.1. The first-order valence-corrected chi connectivity index (χ1v) is 11.1. The largest absolute Gasteiger partial charge is 0.398 e. The number of halogens is 2. The number of nitrogens with one attached hydrogen (secondary N) is 2. The van der Waals surface area contributed by atoms with E-state index in [1.165, 1.54) is 0 Å². The standard InChI is InChI=1S/C16H14Cl2N4O.C8H9N3/c1-22-15-4-2-3-14(12(15)9-20-22)21-16(23)19-8-10-5-6-11(17)7-13(10)18;1-11-8-4-2-3-7(9)6(8)5-10-11/h2-7,9H,8H2,1H3,(H2,19,21,23);2-5H,9H2,1H3. The normalized spacial score (nSPS) is 10.7. The lowest BCUT2D eigenvalue weighted by molar-refractivity contribution is 0.252. The molecule has 3 aromatic carbocycles. The van der Waals surface area contributed by atoms with E-state index in [1.54, 1.807) is 35.3 Å². The molecule has 8 nitrogen and oxygen atoms in total. The van der Waals surface area contributed by atoms with Crippen LogP contribution in [0.5, 0.6) is 0 Å². The number of nitrogen functional groups attached to an aromatic ring is 1. The number of aromatic nitrogens is 4. The smallest absolute Gasteiger partial charge is 0.319 e. The lowest BCUT2D eigenvalue weighted by atomic mass is 10.2. The second kappa shape index (κ2) is 10.0. The number of carbonyl (C=O) groups is 1. The number of hydrogen-bond acceptors (Lipinski definition) is 4. The Kier molecular flexibility index (Phi) is 6.90. The molecule has 0 saturated heterocycles. The molecule has 0 spiro atoms. The summed E-state index contributed by atoms with van der Waals surface area (Å²) in [7, 11) is 3.76.